The van der Waals surface area contributed by atoms with E-state index >= 15 is 0 Å². The van der Waals surface area contributed by atoms with Gasteiger partial charge in [0.15, 0.2) is 0 Å². The fraction of sp³-hybridized carbons (Fsp3) is 0.372. The lowest BCUT2D eigenvalue weighted by Gasteiger charge is -2.49. The Kier molecular flexibility index (Phi) is 12.7. The lowest BCUT2D eigenvalue weighted by molar-refractivity contribution is 0.331. The van der Waals surface area contributed by atoms with E-state index in [4.69, 9.17) is 4.42 Å². The van der Waals surface area contributed by atoms with Gasteiger partial charge in [0.1, 0.15) is 11.2 Å². The van der Waals surface area contributed by atoms with Crippen molar-refractivity contribution < 1.29 is 4.42 Å². The first-order chi connectivity index (χ1) is 42.6. The maximum absolute atomic E-state index is 7.47. The molecular formula is C86H94BN3O. The molecule has 0 fully saturated rings. The SMILES string of the molecule is Cc1cc2c(cc1N1c3cc4c(cc3B3c5c1cc1c(oc6ccccc61)c5-c1cc5c(cc1N3c1ccc(C(C)(C)C)cc1)C(C)(C)c1cc(N(c3ccc(C(C)(C)C)cc3)c3ccc(C(C)(C)C)cc3)ccc1-5)C(C)(C)CCC4(C)C)C(C)(C)CCC2(C)C. The van der Waals surface area contributed by atoms with Crippen molar-refractivity contribution >= 4 is 85.2 Å². The summed E-state index contributed by atoms with van der Waals surface area (Å²) in [4.78, 5) is 7.99. The van der Waals surface area contributed by atoms with E-state index in [0.717, 1.165) is 58.3 Å². The summed E-state index contributed by atoms with van der Waals surface area (Å²) in [5.74, 6) is 0. The zero-order valence-corrected chi connectivity index (χ0v) is 58.2. The topological polar surface area (TPSA) is 22.9 Å². The predicted octanol–water partition coefficient (Wildman–Crippen LogP) is 23.0. The molecule has 5 heteroatoms. The molecule has 0 N–H and O–H groups in total. The van der Waals surface area contributed by atoms with E-state index in [2.05, 4.69) is 311 Å². The molecule has 0 amide bonds. The van der Waals surface area contributed by atoms with Crippen LogP contribution >= 0.6 is 0 Å². The quantitative estimate of drug-likeness (QED) is 0.160. The van der Waals surface area contributed by atoms with E-state index in [1.54, 1.807) is 0 Å². The van der Waals surface area contributed by atoms with Gasteiger partial charge in [0, 0.05) is 72.8 Å². The van der Waals surface area contributed by atoms with Gasteiger partial charge in [-0.05, 0) is 233 Å². The monoisotopic (exact) mass is 1200 g/mol. The molecule has 15 rings (SSSR count). The zero-order chi connectivity index (χ0) is 64.4. The number of nitrogens with zero attached hydrogens (tertiary/aromatic N) is 3. The molecule has 2 aliphatic heterocycles. The Morgan fingerprint density at radius 1 is 0.418 bits per heavy atom. The van der Waals surface area contributed by atoms with Gasteiger partial charge in [-0.15, -0.1) is 0 Å². The van der Waals surface area contributed by atoms with E-state index in [1.165, 1.54) is 124 Å². The third-order valence-electron chi connectivity index (χ3n) is 23.0. The van der Waals surface area contributed by atoms with Gasteiger partial charge < -0.3 is 19.0 Å². The summed E-state index contributed by atoms with van der Waals surface area (Å²) in [7, 11) is 0. The highest BCUT2D eigenvalue weighted by molar-refractivity contribution is 6.94. The van der Waals surface area contributed by atoms with Crippen LogP contribution < -0.4 is 25.5 Å². The number of rotatable bonds is 5. The molecule has 9 aromatic carbocycles. The van der Waals surface area contributed by atoms with Crippen LogP contribution in [0.2, 0.25) is 0 Å². The Morgan fingerprint density at radius 3 is 1.44 bits per heavy atom. The minimum absolute atomic E-state index is 0.00825. The molecule has 0 saturated carbocycles. The van der Waals surface area contributed by atoms with Crippen LogP contribution in [-0.2, 0) is 43.3 Å². The average Bonchev–Trinajstić information content (AvgIpc) is 1.66. The van der Waals surface area contributed by atoms with Gasteiger partial charge in [-0.1, -0.05) is 204 Å². The van der Waals surface area contributed by atoms with Crippen LogP contribution in [0.1, 0.15) is 213 Å². The second-order valence-electron chi connectivity index (χ2n) is 34.4. The van der Waals surface area contributed by atoms with Crippen LogP contribution in [0.5, 0.6) is 0 Å². The van der Waals surface area contributed by atoms with Gasteiger partial charge >= 0.3 is 6.85 Å². The average molecular weight is 1200 g/mol. The van der Waals surface area contributed by atoms with E-state index in [-0.39, 0.29) is 50.2 Å². The van der Waals surface area contributed by atoms with Gasteiger partial charge in [0.2, 0.25) is 0 Å². The van der Waals surface area contributed by atoms with Gasteiger partial charge in [0.25, 0.3) is 0 Å². The number of anilines is 8. The number of para-hydroxylation sites is 1. The first-order valence-corrected chi connectivity index (χ1v) is 34.0. The first-order valence-electron chi connectivity index (χ1n) is 34.0. The van der Waals surface area contributed by atoms with Crippen LogP contribution in [0.25, 0.3) is 44.2 Å². The normalized spacial score (nSPS) is 17.9. The molecule has 0 atom stereocenters. The molecule has 462 valence electrons. The molecule has 3 aliphatic carbocycles. The van der Waals surface area contributed by atoms with E-state index < -0.39 is 0 Å². The highest BCUT2D eigenvalue weighted by atomic mass is 16.3. The number of aryl methyl sites for hydroxylation is 1. The Bertz CT molecular complexity index is 4620. The molecular weight excluding hydrogens is 1100 g/mol. The van der Waals surface area contributed by atoms with Gasteiger partial charge in [-0.3, -0.25) is 0 Å². The minimum Gasteiger partial charge on any atom is -0.455 e. The maximum atomic E-state index is 7.47. The van der Waals surface area contributed by atoms with Crippen LogP contribution in [0, 0.1) is 6.92 Å². The molecule has 5 aliphatic rings. The minimum atomic E-state index is -0.367. The summed E-state index contributed by atoms with van der Waals surface area (Å²) in [6.45, 7) is 47.8. The van der Waals surface area contributed by atoms with Crippen molar-refractivity contribution in [2.45, 2.75) is 207 Å². The number of hydrogen-bond acceptors (Lipinski definition) is 4. The lowest BCUT2D eigenvalue weighted by atomic mass is 9.42. The van der Waals surface area contributed by atoms with Gasteiger partial charge in [-0.2, -0.15) is 0 Å². The summed E-state index contributed by atoms with van der Waals surface area (Å²) in [5, 5.41) is 2.30. The standard InChI is InChI=1S/C86H94BN3O/c1-51-43-66-68(84(15,16)41-39-82(66,11)12)49-71(51)89-73-50-69-67(83(13,14)40-42-85(69,17)18)47-70(73)87-77-74(89)46-62-60-23-21-22-24-75(60)91-78(62)76(77)63-45-61-59-38-37-58(88(55-31-25-52(26-32-55)79(2,3)4)56-33-27-53(28-34-56)80(5,6)7)44-64(59)86(19,20)65(61)48-72(63)90(87)57-35-29-54(30-36-57)81(8,9)10/h21-38,43-50H,39-42H2,1-20H3. The van der Waals surface area contributed by atoms with Crippen LogP contribution in [-0.4, -0.2) is 6.85 Å². The van der Waals surface area contributed by atoms with E-state index in [9.17, 15) is 0 Å². The summed E-state index contributed by atoms with van der Waals surface area (Å²) in [5.41, 5.74) is 32.7. The van der Waals surface area contributed by atoms with Crippen LogP contribution in [0.15, 0.2) is 162 Å². The third-order valence-corrected chi connectivity index (χ3v) is 23.0. The Balaban J connectivity index is 1.03. The molecule has 1 aromatic heterocycles. The van der Waals surface area contributed by atoms with Crippen molar-refractivity contribution in [1.82, 2.24) is 0 Å². The largest absolute Gasteiger partial charge is 0.455 e. The molecule has 4 nitrogen and oxygen atoms in total. The Hall–Kier alpha value is -7.76. The van der Waals surface area contributed by atoms with Crippen molar-refractivity contribution in [2.75, 3.05) is 14.6 Å². The third kappa shape index (κ3) is 9.02. The Labute approximate surface area is 544 Å². The molecule has 0 saturated heterocycles. The molecule has 0 unspecified atom stereocenters. The summed E-state index contributed by atoms with van der Waals surface area (Å²) in [6.07, 6.45) is 4.58. The molecule has 0 spiro atoms. The molecule has 91 heavy (non-hydrogen) atoms. The van der Waals surface area contributed by atoms with E-state index in [0.29, 0.717) is 0 Å². The van der Waals surface area contributed by atoms with Crippen molar-refractivity contribution in [1.29, 1.82) is 0 Å². The number of furan rings is 1. The van der Waals surface area contributed by atoms with Gasteiger partial charge in [0.05, 0.1) is 0 Å². The highest BCUT2D eigenvalue weighted by Gasteiger charge is 2.51. The van der Waals surface area contributed by atoms with Gasteiger partial charge in [-0.25, -0.2) is 0 Å². The second-order valence-corrected chi connectivity index (χ2v) is 34.4. The summed E-state index contributed by atoms with van der Waals surface area (Å²) >= 11 is 0. The van der Waals surface area contributed by atoms with Crippen LogP contribution in [0.3, 0.4) is 0 Å². The molecule has 10 aromatic rings. The van der Waals surface area contributed by atoms with Crippen molar-refractivity contribution in [3.63, 3.8) is 0 Å². The number of hydrogen-bond donors (Lipinski definition) is 0. The number of fused-ring (bicyclic) bond motifs is 13. The van der Waals surface area contributed by atoms with Crippen molar-refractivity contribution in [3.05, 3.63) is 213 Å². The second kappa shape index (κ2) is 19.4. The number of benzene rings is 9. The summed E-state index contributed by atoms with van der Waals surface area (Å²) in [6, 6.07) is 62.7. The zero-order valence-electron chi connectivity index (χ0n) is 58.2. The van der Waals surface area contributed by atoms with E-state index in [1.807, 2.05) is 0 Å². The smallest absolute Gasteiger partial charge is 0.333 e. The molecule has 0 radical (unpaired) electrons. The van der Waals surface area contributed by atoms with Crippen molar-refractivity contribution in [2.24, 2.45) is 0 Å². The summed E-state index contributed by atoms with van der Waals surface area (Å²) < 4.78 is 7.47. The molecule has 0 bridgehead atoms. The fourth-order valence-corrected chi connectivity index (χ4v) is 16.9. The lowest BCUT2D eigenvalue weighted by Crippen LogP contribution is -2.62. The first kappa shape index (κ1) is 59.5. The Morgan fingerprint density at radius 2 is 0.890 bits per heavy atom. The highest BCUT2D eigenvalue weighted by Crippen LogP contribution is 2.59. The maximum Gasteiger partial charge on any atom is 0.333 e. The van der Waals surface area contributed by atoms with Crippen LogP contribution in [0.4, 0.5) is 45.5 Å². The fourth-order valence-electron chi connectivity index (χ4n) is 16.9. The predicted molar refractivity (Wildman–Crippen MR) is 391 cm³/mol. The van der Waals surface area contributed by atoms with Crippen molar-refractivity contribution in [3.8, 4) is 22.3 Å². The molecule has 3 heterocycles.